The Labute approximate surface area is 138 Å². The Morgan fingerprint density at radius 1 is 1.36 bits per heavy atom. The van der Waals surface area contributed by atoms with Crippen LogP contribution in [-0.4, -0.2) is 12.0 Å². The first-order valence-electron chi connectivity index (χ1n) is 7.16. The summed E-state index contributed by atoms with van der Waals surface area (Å²) >= 11 is 0. The molecular formula is C16H25ClN4O. The SMILES string of the molecule is CCCC/C=C/N=C(N)NC(=O)Nc1ccc(C)cc1C.Cl. The van der Waals surface area contributed by atoms with E-state index in [9.17, 15) is 4.79 Å². The van der Waals surface area contributed by atoms with E-state index in [-0.39, 0.29) is 18.4 Å². The molecule has 0 saturated carbocycles. The molecule has 6 heteroatoms. The fourth-order valence-electron chi connectivity index (χ4n) is 1.79. The van der Waals surface area contributed by atoms with Gasteiger partial charge in [0.25, 0.3) is 0 Å². The molecule has 0 radical (unpaired) electrons. The number of benzene rings is 1. The second-order valence-electron chi connectivity index (χ2n) is 4.94. The number of guanidine groups is 1. The molecule has 0 aromatic heterocycles. The van der Waals surface area contributed by atoms with Crippen molar-refractivity contribution in [3.63, 3.8) is 0 Å². The van der Waals surface area contributed by atoms with Crippen molar-refractivity contribution in [1.29, 1.82) is 0 Å². The van der Waals surface area contributed by atoms with Crippen molar-refractivity contribution < 1.29 is 4.79 Å². The smallest absolute Gasteiger partial charge is 0.326 e. The second kappa shape index (κ2) is 10.7. The van der Waals surface area contributed by atoms with Gasteiger partial charge in [-0.1, -0.05) is 43.5 Å². The van der Waals surface area contributed by atoms with Gasteiger partial charge in [0.2, 0.25) is 5.96 Å². The summed E-state index contributed by atoms with van der Waals surface area (Å²) in [5.74, 6) is 0.0741. The zero-order valence-electron chi connectivity index (χ0n) is 13.3. The van der Waals surface area contributed by atoms with E-state index in [1.165, 1.54) is 0 Å². The summed E-state index contributed by atoms with van der Waals surface area (Å²) in [5.41, 5.74) is 8.54. The number of carbonyl (C=O) groups is 1. The summed E-state index contributed by atoms with van der Waals surface area (Å²) in [7, 11) is 0. The largest absolute Gasteiger partial charge is 0.369 e. The molecule has 1 aromatic rings. The molecule has 0 aliphatic heterocycles. The average molecular weight is 325 g/mol. The van der Waals surface area contributed by atoms with Crippen LogP contribution in [0.4, 0.5) is 10.5 Å². The molecule has 0 spiro atoms. The summed E-state index contributed by atoms with van der Waals surface area (Å²) in [6.45, 7) is 6.08. The number of aliphatic imine (C=N–C) groups is 1. The van der Waals surface area contributed by atoms with Gasteiger partial charge in [0.05, 0.1) is 0 Å². The van der Waals surface area contributed by atoms with Gasteiger partial charge >= 0.3 is 6.03 Å². The van der Waals surface area contributed by atoms with Crippen molar-refractivity contribution in [2.75, 3.05) is 5.32 Å². The zero-order valence-corrected chi connectivity index (χ0v) is 14.2. The van der Waals surface area contributed by atoms with Crippen LogP contribution < -0.4 is 16.4 Å². The maximum Gasteiger partial charge on any atom is 0.326 e. The quantitative estimate of drug-likeness (QED) is 0.436. The number of allylic oxidation sites excluding steroid dienone is 1. The summed E-state index contributed by atoms with van der Waals surface area (Å²) < 4.78 is 0. The maximum atomic E-state index is 11.8. The predicted octanol–water partition coefficient (Wildman–Crippen LogP) is 3.87. The number of nitrogens with one attached hydrogen (secondary N) is 2. The molecule has 0 saturated heterocycles. The van der Waals surface area contributed by atoms with E-state index in [4.69, 9.17) is 5.73 Å². The number of nitrogens with two attached hydrogens (primary N) is 1. The molecule has 0 unspecified atom stereocenters. The maximum absolute atomic E-state index is 11.8. The topological polar surface area (TPSA) is 79.5 Å². The summed E-state index contributed by atoms with van der Waals surface area (Å²) in [6, 6.07) is 5.41. The van der Waals surface area contributed by atoms with Gasteiger partial charge in [0.1, 0.15) is 0 Å². The highest BCUT2D eigenvalue weighted by Crippen LogP contribution is 2.15. The van der Waals surface area contributed by atoms with Crippen molar-refractivity contribution in [2.45, 2.75) is 40.0 Å². The number of urea groups is 1. The average Bonchev–Trinajstić information content (AvgIpc) is 2.41. The van der Waals surface area contributed by atoms with E-state index in [1.54, 1.807) is 6.20 Å². The lowest BCUT2D eigenvalue weighted by atomic mass is 10.1. The molecule has 0 aliphatic carbocycles. The summed E-state index contributed by atoms with van der Waals surface area (Å²) in [6.07, 6.45) is 6.76. The van der Waals surface area contributed by atoms with Crippen LogP contribution in [0.25, 0.3) is 0 Å². The van der Waals surface area contributed by atoms with Crippen LogP contribution in [0, 0.1) is 13.8 Å². The predicted molar refractivity (Wildman–Crippen MR) is 95.6 cm³/mol. The highest BCUT2D eigenvalue weighted by Gasteiger charge is 2.05. The molecular weight excluding hydrogens is 300 g/mol. The van der Waals surface area contributed by atoms with E-state index < -0.39 is 6.03 Å². The molecule has 0 bridgehead atoms. The van der Waals surface area contributed by atoms with Crippen LogP contribution in [-0.2, 0) is 0 Å². The first-order valence-corrected chi connectivity index (χ1v) is 7.16. The minimum atomic E-state index is -0.398. The van der Waals surface area contributed by atoms with Crippen LogP contribution in [0.5, 0.6) is 0 Å². The van der Waals surface area contributed by atoms with Crippen molar-refractivity contribution >= 4 is 30.1 Å². The second-order valence-corrected chi connectivity index (χ2v) is 4.94. The van der Waals surface area contributed by atoms with Crippen LogP contribution in [0.15, 0.2) is 35.5 Å². The van der Waals surface area contributed by atoms with E-state index >= 15 is 0 Å². The van der Waals surface area contributed by atoms with Gasteiger partial charge in [-0.3, -0.25) is 5.32 Å². The third kappa shape index (κ3) is 7.69. The third-order valence-corrected chi connectivity index (χ3v) is 2.92. The van der Waals surface area contributed by atoms with E-state index in [0.717, 1.165) is 36.1 Å². The number of unbranched alkanes of at least 4 members (excludes halogenated alkanes) is 2. The summed E-state index contributed by atoms with van der Waals surface area (Å²) in [4.78, 5) is 15.7. The van der Waals surface area contributed by atoms with Gasteiger partial charge in [-0.2, -0.15) is 0 Å². The van der Waals surface area contributed by atoms with E-state index in [1.807, 2.05) is 38.1 Å². The van der Waals surface area contributed by atoms with Gasteiger partial charge in [-0.15, -0.1) is 12.4 Å². The molecule has 2 amide bonds. The Morgan fingerprint density at radius 2 is 2.09 bits per heavy atom. The normalized spacial score (nSPS) is 11.1. The van der Waals surface area contributed by atoms with Gasteiger partial charge in [-0.05, 0) is 31.9 Å². The third-order valence-electron chi connectivity index (χ3n) is 2.92. The Morgan fingerprint density at radius 3 is 2.73 bits per heavy atom. The van der Waals surface area contributed by atoms with Crippen LogP contribution in [0.1, 0.15) is 37.3 Å². The van der Waals surface area contributed by atoms with Crippen molar-refractivity contribution in [3.8, 4) is 0 Å². The van der Waals surface area contributed by atoms with E-state index in [2.05, 4.69) is 22.5 Å². The molecule has 0 atom stereocenters. The van der Waals surface area contributed by atoms with Gasteiger partial charge < -0.3 is 11.1 Å². The molecule has 0 heterocycles. The fourth-order valence-corrected chi connectivity index (χ4v) is 1.79. The van der Waals surface area contributed by atoms with E-state index in [0.29, 0.717) is 0 Å². The Balaban J connectivity index is 0.00000441. The Kier molecular flexibility index (Phi) is 9.70. The number of rotatable bonds is 5. The highest BCUT2D eigenvalue weighted by molar-refractivity contribution is 6.02. The van der Waals surface area contributed by atoms with Crippen molar-refractivity contribution in [1.82, 2.24) is 5.32 Å². The minimum Gasteiger partial charge on any atom is -0.369 e. The first kappa shape index (κ1) is 20.0. The minimum absolute atomic E-state index is 0. The van der Waals surface area contributed by atoms with Crippen LogP contribution in [0.3, 0.4) is 0 Å². The lowest BCUT2D eigenvalue weighted by molar-refractivity contribution is 0.256. The Hall–Kier alpha value is -2.01. The lowest BCUT2D eigenvalue weighted by Gasteiger charge is -2.09. The van der Waals surface area contributed by atoms with Crippen LogP contribution >= 0.6 is 12.4 Å². The molecule has 4 N–H and O–H groups in total. The number of carbonyl (C=O) groups excluding carboxylic acids is 1. The molecule has 22 heavy (non-hydrogen) atoms. The number of hydrogen-bond donors (Lipinski definition) is 3. The number of halogens is 1. The van der Waals surface area contributed by atoms with Crippen molar-refractivity contribution in [2.24, 2.45) is 10.7 Å². The monoisotopic (exact) mass is 324 g/mol. The number of aryl methyl sites for hydroxylation is 2. The number of nitrogens with zero attached hydrogens (tertiary/aromatic N) is 1. The molecule has 0 aliphatic rings. The molecule has 0 fully saturated rings. The van der Waals surface area contributed by atoms with Gasteiger partial charge in [0.15, 0.2) is 0 Å². The standard InChI is InChI=1S/C16H24N4O.ClH/c1-4-5-6-7-10-18-15(17)20-16(21)19-14-9-8-12(2)11-13(14)3;/h7-11H,4-6H2,1-3H3,(H4,17,18,19,20,21);1H/b10-7+;. The number of anilines is 1. The number of amides is 2. The Bertz CT molecular complexity index is 541. The zero-order chi connectivity index (χ0) is 15.7. The fraction of sp³-hybridized carbons (Fsp3) is 0.375. The molecule has 1 aromatic carbocycles. The van der Waals surface area contributed by atoms with Gasteiger partial charge in [0, 0.05) is 11.9 Å². The molecule has 5 nitrogen and oxygen atoms in total. The van der Waals surface area contributed by atoms with Gasteiger partial charge in [-0.25, -0.2) is 9.79 Å². The van der Waals surface area contributed by atoms with Crippen LogP contribution in [0.2, 0.25) is 0 Å². The lowest BCUT2D eigenvalue weighted by Crippen LogP contribution is -2.39. The number of hydrogen-bond acceptors (Lipinski definition) is 2. The highest BCUT2D eigenvalue weighted by atomic mass is 35.5. The summed E-state index contributed by atoms with van der Waals surface area (Å²) in [5, 5.41) is 5.23. The molecule has 1 rings (SSSR count). The first-order chi connectivity index (χ1) is 10.0. The van der Waals surface area contributed by atoms with Crippen molar-refractivity contribution in [3.05, 3.63) is 41.6 Å². The molecule has 122 valence electrons.